The lowest BCUT2D eigenvalue weighted by molar-refractivity contribution is -0.255. The van der Waals surface area contributed by atoms with E-state index in [0.717, 1.165) is 0 Å². The molecule has 1 saturated heterocycles. The van der Waals surface area contributed by atoms with Crippen LogP contribution in [0.3, 0.4) is 0 Å². The molecule has 0 bridgehead atoms. The van der Waals surface area contributed by atoms with Crippen molar-refractivity contribution in [2.24, 2.45) is 0 Å². The quantitative estimate of drug-likeness (QED) is 0.430. The monoisotopic (exact) mass is 299 g/mol. The fraction of sp³-hybridized carbons (Fsp3) is 1.00. The van der Waals surface area contributed by atoms with E-state index in [0.29, 0.717) is 6.54 Å². The largest absolute Gasteiger partial charge is 0.388 e. The molecule has 0 amide bonds. The van der Waals surface area contributed by atoms with Crippen molar-refractivity contribution in [3.63, 3.8) is 0 Å². The van der Waals surface area contributed by atoms with Gasteiger partial charge in [-0.2, -0.15) is 8.42 Å². The number of hydrogen-bond donors (Lipinski definition) is 4. The highest BCUT2D eigenvalue weighted by molar-refractivity contribution is 7.85. The summed E-state index contributed by atoms with van der Waals surface area (Å²) in [5.41, 5.74) is 0. The zero-order valence-electron chi connectivity index (χ0n) is 10.9. The highest BCUT2D eigenvalue weighted by Gasteiger charge is 2.44. The fourth-order valence-electron chi connectivity index (χ4n) is 1.98. The molecule has 1 aliphatic heterocycles. The predicted molar refractivity (Wildman–Crippen MR) is 66.0 cm³/mol. The highest BCUT2D eigenvalue weighted by Crippen LogP contribution is 2.25. The Hall–Kier alpha value is -0.290. The van der Waals surface area contributed by atoms with Gasteiger partial charge in [0.2, 0.25) is 0 Å². The smallest absolute Gasteiger partial charge is 0.264 e. The molecule has 8 nitrogen and oxygen atoms in total. The van der Waals surface area contributed by atoms with E-state index in [1.54, 1.807) is 11.9 Å². The maximum atomic E-state index is 10.7. The molecular weight excluding hydrogens is 278 g/mol. The van der Waals surface area contributed by atoms with Gasteiger partial charge in [-0.25, -0.2) is 0 Å². The first-order valence-electron chi connectivity index (χ1n) is 6.02. The topological polar surface area (TPSA) is 128 Å². The molecule has 114 valence electrons. The van der Waals surface area contributed by atoms with Gasteiger partial charge in [0.1, 0.15) is 24.5 Å². The van der Waals surface area contributed by atoms with Crippen LogP contribution >= 0.6 is 0 Å². The summed E-state index contributed by atoms with van der Waals surface area (Å²) in [7, 11) is -2.51. The van der Waals surface area contributed by atoms with E-state index in [2.05, 4.69) is 0 Å². The third-order valence-corrected chi connectivity index (χ3v) is 4.03. The Morgan fingerprint density at radius 1 is 1.16 bits per heavy atom. The molecule has 19 heavy (non-hydrogen) atoms. The second-order valence-electron chi connectivity index (χ2n) is 4.68. The van der Waals surface area contributed by atoms with Gasteiger partial charge in [-0.3, -0.25) is 9.45 Å². The molecule has 1 heterocycles. The first kappa shape index (κ1) is 16.8. The van der Waals surface area contributed by atoms with Crippen molar-refractivity contribution in [2.75, 3.05) is 19.3 Å². The van der Waals surface area contributed by atoms with Crippen molar-refractivity contribution in [3.05, 3.63) is 0 Å². The summed E-state index contributed by atoms with van der Waals surface area (Å²) in [6.45, 7) is 2.36. The molecule has 1 rings (SSSR count). The van der Waals surface area contributed by atoms with Crippen LogP contribution < -0.4 is 0 Å². The number of ether oxygens (including phenoxy) is 1. The second-order valence-corrected chi connectivity index (χ2v) is 6.26. The van der Waals surface area contributed by atoms with Gasteiger partial charge >= 0.3 is 0 Å². The van der Waals surface area contributed by atoms with Gasteiger partial charge in [-0.05, 0) is 20.0 Å². The third kappa shape index (κ3) is 4.35. The van der Waals surface area contributed by atoms with E-state index < -0.39 is 46.5 Å². The van der Waals surface area contributed by atoms with Gasteiger partial charge in [-0.1, -0.05) is 6.92 Å². The molecule has 0 saturated carbocycles. The summed E-state index contributed by atoms with van der Waals surface area (Å²) in [5, 5.41) is 29.3. The number of nitrogens with zero attached hydrogens (tertiary/aromatic N) is 1. The van der Waals surface area contributed by atoms with Gasteiger partial charge in [0.25, 0.3) is 10.1 Å². The van der Waals surface area contributed by atoms with Crippen LogP contribution in [0.4, 0.5) is 0 Å². The minimum atomic E-state index is -4.17. The van der Waals surface area contributed by atoms with Gasteiger partial charge < -0.3 is 20.1 Å². The van der Waals surface area contributed by atoms with Crippen molar-refractivity contribution < 1.29 is 33.0 Å². The highest BCUT2D eigenvalue weighted by atomic mass is 32.2. The summed E-state index contributed by atoms with van der Waals surface area (Å²) in [4.78, 5) is 1.63. The van der Waals surface area contributed by atoms with Crippen molar-refractivity contribution in [3.8, 4) is 0 Å². The summed E-state index contributed by atoms with van der Waals surface area (Å²) >= 11 is 0. The normalized spacial score (nSPS) is 36.7. The van der Waals surface area contributed by atoms with Crippen LogP contribution in [0.15, 0.2) is 0 Å². The van der Waals surface area contributed by atoms with E-state index in [4.69, 9.17) is 9.29 Å². The van der Waals surface area contributed by atoms with E-state index in [1.807, 2.05) is 6.92 Å². The maximum Gasteiger partial charge on any atom is 0.264 e. The van der Waals surface area contributed by atoms with Gasteiger partial charge in [0.05, 0.1) is 11.9 Å². The Morgan fingerprint density at radius 2 is 1.74 bits per heavy atom. The van der Waals surface area contributed by atoms with Crippen LogP contribution in [0.25, 0.3) is 0 Å². The van der Waals surface area contributed by atoms with E-state index >= 15 is 0 Å². The zero-order valence-corrected chi connectivity index (χ0v) is 11.7. The van der Waals surface area contributed by atoms with E-state index in [1.165, 1.54) is 0 Å². The lowest BCUT2D eigenvalue weighted by Crippen LogP contribution is -2.61. The van der Waals surface area contributed by atoms with Crippen LogP contribution in [0.2, 0.25) is 0 Å². The molecule has 0 spiro atoms. The zero-order chi connectivity index (χ0) is 14.8. The molecule has 4 N–H and O–H groups in total. The standard InChI is InChI=1S/C10H21NO7S/c1-3-11(2)10-9(14)8(13)7(12)6(18-10)4-5-19(15,16)17/h6-10,12-14H,3-5H2,1-2H3,(H,15,16,17)/t6-,7-,8+,9+,10?/m1/s1. The Kier molecular flexibility index (Phi) is 5.68. The first-order chi connectivity index (χ1) is 8.67. The average molecular weight is 299 g/mol. The number of aliphatic hydroxyl groups excluding tert-OH is 3. The Bertz CT molecular complexity index is 387. The summed E-state index contributed by atoms with van der Waals surface area (Å²) in [6, 6.07) is 0. The Labute approximate surface area is 112 Å². The average Bonchev–Trinajstić information content (AvgIpc) is 2.33. The van der Waals surface area contributed by atoms with Crippen LogP contribution in [0.1, 0.15) is 13.3 Å². The van der Waals surface area contributed by atoms with E-state index in [9.17, 15) is 23.7 Å². The van der Waals surface area contributed by atoms with Crippen molar-refractivity contribution >= 4 is 10.1 Å². The second kappa shape index (κ2) is 6.44. The fourth-order valence-corrected chi connectivity index (χ4v) is 2.51. The summed E-state index contributed by atoms with van der Waals surface area (Å²) in [6.07, 6.45) is -6.11. The molecule has 0 aromatic carbocycles. The van der Waals surface area contributed by atoms with Crippen LogP contribution in [0.5, 0.6) is 0 Å². The van der Waals surface area contributed by atoms with Crippen molar-refractivity contribution in [1.29, 1.82) is 0 Å². The van der Waals surface area contributed by atoms with Gasteiger partial charge in [0, 0.05) is 0 Å². The summed E-state index contributed by atoms with van der Waals surface area (Å²) < 4.78 is 35.5. The molecule has 1 fully saturated rings. The third-order valence-electron chi connectivity index (χ3n) is 3.28. The number of likely N-dealkylation sites (N-methyl/N-ethyl adjacent to an activating group) is 1. The van der Waals surface area contributed by atoms with Crippen LogP contribution in [-0.4, -0.2) is 83.2 Å². The molecule has 5 atom stereocenters. The lowest BCUT2D eigenvalue weighted by Gasteiger charge is -2.43. The molecule has 1 unspecified atom stereocenters. The van der Waals surface area contributed by atoms with Gasteiger partial charge in [0.15, 0.2) is 0 Å². The van der Waals surface area contributed by atoms with Crippen LogP contribution in [-0.2, 0) is 14.9 Å². The summed E-state index contributed by atoms with van der Waals surface area (Å²) in [5.74, 6) is -0.583. The first-order valence-corrected chi connectivity index (χ1v) is 7.63. The SMILES string of the molecule is CCN(C)C1O[C@H](CCS(=O)(=O)O)[C@@H](O)[C@H](O)[C@@H]1O. The lowest BCUT2D eigenvalue weighted by atomic mass is 9.96. The maximum absolute atomic E-state index is 10.7. The molecule has 0 aromatic rings. The number of hydrogen-bond acceptors (Lipinski definition) is 7. The minimum Gasteiger partial charge on any atom is -0.388 e. The molecule has 0 aliphatic carbocycles. The van der Waals surface area contributed by atoms with Crippen LogP contribution in [0, 0.1) is 0 Å². The Morgan fingerprint density at radius 3 is 2.21 bits per heavy atom. The Balaban J connectivity index is 2.76. The van der Waals surface area contributed by atoms with Crippen molar-refractivity contribution in [1.82, 2.24) is 4.90 Å². The van der Waals surface area contributed by atoms with Gasteiger partial charge in [-0.15, -0.1) is 0 Å². The van der Waals surface area contributed by atoms with Crippen molar-refractivity contribution in [2.45, 2.75) is 44.0 Å². The molecule has 1 aliphatic rings. The molecule has 0 radical (unpaired) electrons. The number of aliphatic hydroxyl groups is 3. The minimum absolute atomic E-state index is 0.169. The molecular formula is C10H21NO7S. The predicted octanol–water partition coefficient (Wildman–Crippen LogP) is -1.98. The molecule has 0 aromatic heterocycles. The van der Waals surface area contributed by atoms with E-state index in [-0.39, 0.29) is 6.42 Å². The molecule has 9 heteroatoms. The number of rotatable bonds is 5.